The maximum absolute atomic E-state index is 12.3. The van der Waals surface area contributed by atoms with Crippen LogP contribution in [0.2, 0.25) is 0 Å². The number of allylic oxidation sites excluding steroid dienone is 1. The molecular formula is C23H27N3O2. The molecule has 3 aromatic rings. The number of rotatable bonds is 7. The molecule has 0 N–H and O–H groups in total. The molecule has 5 nitrogen and oxygen atoms in total. The van der Waals surface area contributed by atoms with Crippen LogP contribution in [-0.2, 0) is 7.05 Å². The lowest BCUT2D eigenvalue weighted by molar-refractivity contribution is 0.286. The molecular weight excluding hydrogens is 350 g/mol. The number of fused-ring (bicyclic) bond motifs is 1. The van der Waals surface area contributed by atoms with Crippen LogP contribution in [0.5, 0.6) is 5.75 Å². The first-order valence-electron chi connectivity index (χ1n) is 9.37. The van der Waals surface area contributed by atoms with E-state index >= 15 is 0 Å². The lowest BCUT2D eigenvalue weighted by atomic mass is 9.96. The Balaban J connectivity index is 1.85. The van der Waals surface area contributed by atoms with Crippen molar-refractivity contribution in [3.8, 4) is 5.75 Å². The highest BCUT2D eigenvalue weighted by molar-refractivity contribution is 5.90. The molecule has 0 amide bonds. The molecule has 1 atom stereocenters. The van der Waals surface area contributed by atoms with Crippen LogP contribution >= 0.6 is 0 Å². The Labute approximate surface area is 165 Å². The van der Waals surface area contributed by atoms with E-state index in [1.54, 1.807) is 14.2 Å². The summed E-state index contributed by atoms with van der Waals surface area (Å²) in [5.41, 5.74) is 2.88. The Hall–Kier alpha value is -2.92. The Morgan fingerprint density at radius 2 is 1.79 bits per heavy atom. The molecule has 2 aromatic carbocycles. The quantitative estimate of drug-likeness (QED) is 0.623. The van der Waals surface area contributed by atoms with Crippen LogP contribution in [0.3, 0.4) is 0 Å². The molecule has 0 spiro atoms. The highest BCUT2D eigenvalue weighted by Crippen LogP contribution is 2.30. The van der Waals surface area contributed by atoms with Gasteiger partial charge in [-0.3, -0.25) is 4.79 Å². The van der Waals surface area contributed by atoms with E-state index in [-0.39, 0.29) is 11.6 Å². The standard InChI is InChI=1S/C23H27N3O2/c1-16(22-19-8-6-7-9-20(19)23(27)26(4)24-22)10-15-21(25(2)3)17-11-13-18(28-5)14-12-17/h6-9,11-14,21H,1,10,15H2,2-5H3. The summed E-state index contributed by atoms with van der Waals surface area (Å²) in [6.45, 7) is 4.28. The average molecular weight is 377 g/mol. The topological polar surface area (TPSA) is 47.4 Å². The van der Waals surface area contributed by atoms with E-state index in [0.29, 0.717) is 5.39 Å². The Bertz CT molecular complexity index is 1040. The van der Waals surface area contributed by atoms with Gasteiger partial charge in [0.25, 0.3) is 5.56 Å². The number of hydrogen-bond donors (Lipinski definition) is 0. The van der Waals surface area contributed by atoms with E-state index < -0.39 is 0 Å². The van der Waals surface area contributed by atoms with Crippen LogP contribution < -0.4 is 10.3 Å². The van der Waals surface area contributed by atoms with Crippen LogP contribution in [0.25, 0.3) is 16.3 Å². The fourth-order valence-corrected chi connectivity index (χ4v) is 3.54. The van der Waals surface area contributed by atoms with Crippen molar-refractivity contribution in [1.29, 1.82) is 0 Å². The van der Waals surface area contributed by atoms with Gasteiger partial charge >= 0.3 is 0 Å². The minimum Gasteiger partial charge on any atom is -0.497 e. The number of nitrogens with zero attached hydrogens (tertiary/aromatic N) is 3. The number of hydrogen-bond acceptors (Lipinski definition) is 4. The van der Waals surface area contributed by atoms with Crippen LogP contribution in [0.4, 0.5) is 0 Å². The molecule has 5 heteroatoms. The van der Waals surface area contributed by atoms with Gasteiger partial charge in [0.15, 0.2) is 0 Å². The zero-order valence-electron chi connectivity index (χ0n) is 17.0. The molecule has 1 aromatic heterocycles. The number of benzene rings is 2. The SMILES string of the molecule is C=C(CCC(c1ccc(OC)cc1)N(C)C)c1nn(C)c(=O)c2ccccc12. The second-order valence-corrected chi connectivity index (χ2v) is 7.22. The number of methoxy groups -OCH3 is 1. The third kappa shape index (κ3) is 3.99. The summed E-state index contributed by atoms with van der Waals surface area (Å²) in [6.07, 6.45) is 1.68. The zero-order valence-corrected chi connectivity index (χ0v) is 17.0. The number of aromatic nitrogens is 2. The molecule has 0 radical (unpaired) electrons. The minimum absolute atomic E-state index is 0.0865. The van der Waals surface area contributed by atoms with Gasteiger partial charge in [-0.25, -0.2) is 4.68 Å². The molecule has 0 saturated heterocycles. The van der Waals surface area contributed by atoms with Crippen LogP contribution in [0, 0.1) is 0 Å². The molecule has 0 aliphatic rings. The van der Waals surface area contributed by atoms with Crippen molar-refractivity contribution < 1.29 is 4.74 Å². The summed E-state index contributed by atoms with van der Waals surface area (Å²) < 4.78 is 6.66. The summed E-state index contributed by atoms with van der Waals surface area (Å²) >= 11 is 0. The lowest BCUT2D eigenvalue weighted by Gasteiger charge is -2.25. The molecule has 3 rings (SSSR count). The Morgan fingerprint density at radius 3 is 2.39 bits per heavy atom. The molecule has 0 aliphatic heterocycles. The van der Waals surface area contributed by atoms with E-state index in [1.165, 1.54) is 10.2 Å². The number of aryl methyl sites for hydroxylation is 1. The maximum atomic E-state index is 12.3. The summed E-state index contributed by atoms with van der Waals surface area (Å²) in [7, 11) is 7.52. The van der Waals surface area contributed by atoms with Gasteiger partial charge in [-0.2, -0.15) is 5.10 Å². The third-order valence-electron chi connectivity index (χ3n) is 5.13. The van der Waals surface area contributed by atoms with E-state index in [4.69, 9.17) is 4.74 Å². The van der Waals surface area contributed by atoms with Gasteiger partial charge in [-0.1, -0.05) is 36.9 Å². The highest BCUT2D eigenvalue weighted by atomic mass is 16.5. The Kier molecular flexibility index (Phi) is 5.95. The van der Waals surface area contributed by atoms with Crippen molar-refractivity contribution in [2.75, 3.05) is 21.2 Å². The molecule has 0 bridgehead atoms. The maximum Gasteiger partial charge on any atom is 0.274 e. The van der Waals surface area contributed by atoms with Gasteiger partial charge in [0.1, 0.15) is 5.75 Å². The van der Waals surface area contributed by atoms with Crippen molar-refractivity contribution in [3.63, 3.8) is 0 Å². The smallest absolute Gasteiger partial charge is 0.274 e. The van der Waals surface area contributed by atoms with Crippen LogP contribution in [0.1, 0.15) is 30.1 Å². The van der Waals surface area contributed by atoms with Crippen molar-refractivity contribution >= 4 is 16.3 Å². The van der Waals surface area contributed by atoms with Gasteiger partial charge in [-0.05, 0) is 56.3 Å². The van der Waals surface area contributed by atoms with Gasteiger partial charge in [0, 0.05) is 18.5 Å². The lowest BCUT2D eigenvalue weighted by Crippen LogP contribution is -2.22. The van der Waals surface area contributed by atoms with E-state index in [0.717, 1.165) is 35.2 Å². The normalized spacial score (nSPS) is 12.3. The molecule has 1 heterocycles. The fourth-order valence-electron chi connectivity index (χ4n) is 3.54. The second-order valence-electron chi connectivity index (χ2n) is 7.22. The average Bonchev–Trinajstić information content (AvgIpc) is 2.71. The van der Waals surface area contributed by atoms with Crippen LogP contribution in [0.15, 0.2) is 59.9 Å². The fraction of sp³-hybridized carbons (Fsp3) is 0.304. The molecule has 1 unspecified atom stereocenters. The molecule has 0 saturated carbocycles. The van der Waals surface area contributed by atoms with Gasteiger partial charge in [0.2, 0.25) is 0 Å². The van der Waals surface area contributed by atoms with E-state index in [2.05, 4.69) is 42.8 Å². The summed E-state index contributed by atoms with van der Waals surface area (Å²) in [6, 6.07) is 16.0. The van der Waals surface area contributed by atoms with Crippen LogP contribution in [-0.4, -0.2) is 35.9 Å². The molecule has 0 fully saturated rings. The van der Waals surface area contributed by atoms with E-state index in [9.17, 15) is 4.79 Å². The monoisotopic (exact) mass is 377 g/mol. The zero-order chi connectivity index (χ0) is 20.3. The molecule has 28 heavy (non-hydrogen) atoms. The largest absolute Gasteiger partial charge is 0.497 e. The van der Waals surface area contributed by atoms with Crippen molar-refractivity contribution in [3.05, 3.63) is 76.7 Å². The molecule has 0 aliphatic carbocycles. The first-order valence-corrected chi connectivity index (χ1v) is 9.37. The third-order valence-corrected chi connectivity index (χ3v) is 5.13. The van der Waals surface area contributed by atoms with Crippen molar-refractivity contribution in [2.45, 2.75) is 18.9 Å². The van der Waals surface area contributed by atoms with Gasteiger partial charge in [-0.15, -0.1) is 0 Å². The summed E-state index contributed by atoms with van der Waals surface area (Å²) in [4.78, 5) is 14.6. The predicted molar refractivity (Wildman–Crippen MR) is 115 cm³/mol. The predicted octanol–water partition coefficient (Wildman–Crippen LogP) is 4.04. The molecule has 146 valence electrons. The first kappa shape index (κ1) is 19.8. The highest BCUT2D eigenvalue weighted by Gasteiger charge is 2.17. The van der Waals surface area contributed by atoms with Crippen molar-refractivity contribution in [2.24, 2.45) is 7.05 Å². The van der Waals surface area contributed by atoms with E-state index in [1.807, 2.05) is 36.4 Å². The summed E-state index contributed by atoms with van der Waals surface area (Å²) in [5, 5.41) is 6.03. The van der Waals surface area contributed by atoms with Crippen molar-refractivity contribution in [1.82, 2.24) is 14.7 Å². The van der Waals surface area contributed by atoms with Gasteiger partial charge in [0.05, 0.1) is 18.2 Å². The minimum atomic E-state index is -0.0865. The summed E-state index contributed by atoms with van der Waals surface area (Å²) in [5.74, 6) is 0.853. The second kappa shape index (κ2) is 8.40. The number of ether oxygens (including phenoxy) is 1. The van der Waals surface area contributed by atoms with Gasteiger partial charge < -0.3 is 9.64 Å². The first-order chi connectivity index (χ1) is 13.4. The Morgan fingerprint density at radius 1 is 1.14 bits per heavy atom.